The minimum atomic E-state index is -0.778. The molecule has 0 bridgehead atoms. The van der Waals surface area contributed by atoms with Gasteiger partial charge in [-0.05, 0) is 83.5 Å². The fraction of sp³-hybridized carbons (Fsp3) is 0.831. The van der Waals surface area contributed by atoms with E-state index >= 15 is 0 Å². The maximum Gasteiger partial charge on any atom is 0.306 e. The van der Waals surface area contributed by atoms with Crippen molar-refractivity contribution in [2.75, 3.05) is 13.2 Å². The molecule has 0 saturated heterocycles. The van der Waals surface area contributed by atoms with Gasteiger partial charge in [-0.15, -0.1) is 0 Å². The first-order valence-corrected chi connectivity index (χ1v) is 36.8. The van der Waals surface area contributed by atoms with Gasteiger partial charge in [-0.3, -0.25) is 14.4 Å². The molecule has 0 radical (unpaired) electrons. The maximum atomic E-state index is 13.0. The number of carbonyl (C=O) groups excluding carboxylic acids is 3. The standard InChI is InChI=1S/C77H140O6/c1-4-7-10-13-16-19-22-25-27-29-31-33-35-37-38-40-41-43-45-47-49-52-55-58-61-64-67-70-76(79)82-73-74(72-81-75(78)69-66-63-60-57-54-51-24-21-18-15-12-9-6-3)83-77(80)71-68-65-62-59-56-53-50-48-46-44-42-39-36-34-32-30-28-26-23-20-17-14-11-8-5-2/h8,11,17,20-21,24,26,28,32,34,74H,4-7,9-10,12-16,18-19,22-23,25,27,29-31,33,35-73H2,1-3H3/b11-8-,20-17-,24-21-,28-26-,34-32-. The molecular weight excluding hydrogens is 1020 g/mol. The number of carbonyl (C=O) groups is 3. The lowest BCUT2D eigenvalue weighted by Gasteiger charge is -2.18. The number of unbranched alkanes of at least 4 members (excludes halogenated alkanes) is 47. The first kappa shape index (κ1) is 80.1. The van der Waals surface area contributed by atoms with Crippen molar-refractivity contribution in [3.05, 3.63) is 60.8 Å². The molecule has 6 heteroatoms. The van der Waals surface area contributed by atoms with Gasteiger partial charge in [-0.2, -0.15) is 0 Å². The number of allylic oxidation sites excluding steroid dienone is 10. The zero-order valence-electron chi connectivity index (χ0n) is 55.7. The topological polar surface area (TPSA) is 78.9 Å². The van der Waals surface area contributed by atoms with Crippen molar-refractivity contribution >= 4 is 17.9 Å². The third kappa shape index (κ3) is 69.8. The van der Waals surface area contributed by atoms with Crippen LogP contribution in [0.5, 0.6) is 0 Å². The molecule has 0 spiro atoms. The van der Waals surface area contributed by atoms with Gasteiger partial charge in [0, 0.05) is 19.3 Å². The first-order valence-electron chi connectivity index (χ1n) is 36.8. The number of ether oxygens (including phenoxy) is 3. The summed E-state index contributed by atoms with van der Waals surface area (Å²) in [6.07, 6.45) is 92.7. The second-order valence-electron chi connectivity index (χ2n) is 24.8. The Hall–Kier alpha value is -2.89. The minimum absolute atomic E-state index is 0.0728. The van der Waals surface area contributed by atoms with Crippen LogP contribution in [0.3, 0.4) is 0 Å². The SMILES string of the molecule is CC/C=C\C/C=C\C/C=C\C/C=C\CCCCCCCCCCCCCCC(=O)OC(COC(=O)CCCCCCC/C=C\CCCCCC)COC(=O)CCCCCCCCCCCCCCCCCCCCCCCCCCCCC. The van der Waals surface area contributed by atoms with E-state index in [-0.39, 0.29) is 31.1 Å². The van der Waals surface area contributed by atoms with Gasteiger partial charge in [0.1, 0.15) is 13.2 Å². The van der Waals surface area contributed by atoms with E-state index < -0.39 is 6.10 Å². The molecule has 0 aromatic heterocycles. The molecular formula is C77H140O6. The van der Waals surface area contributed by atoms with E-state index in [0.717, 1.165) is 89.9 Å². The zero-order valence-corrected chi connectivity index (χ0v) is 55.7. The van der Waals surface area contributed by atoms with Gasteiger partial charge in [-0.25, -0.2) is 0 Å². The van der Waals surface area contributed by atoms with Crippen LogP contribution >= 0.6 is 0 Å². The quantitative estimate of drug-likeness (QED) is 0.0261. The van der Waals surface area contributed by atoms with E-state index in [1.807, 2.05) is 0 Å². The third-order valence-electron chi connectivity index (χ3n) is 16.5. The molecule has 0 N–H and O–H groups in total. The molecule has 0 heterocycles. The van der Waals surface area contributed by atoms with Crippen molar-refractivity contribution in [3.63, 3.8) is 0 Å². The van der Waals surface area contributed by atoms with E-state index in [2.05, 4.69) is 81.5 Å². The first-order chi connectivity index (χ1) is 41.0. The smallest absolute Gasteiger partial charge is 0.306 e. The van der Waals surface area contributed by atoms with Crippen molar-refractivity contribution in [3.8, 4) is 0 Å². The molecule has 0 amide bonds. The van der Waals surface area contributed by atoms with Crippen LogP contribution in [0.15, 0.2) is 60.8 Å². The van der Waals surface area contributed by atoms with Crippen LogP contribution in [0.2, 0.25) is 0 Å². The van der Waals surface area contributed by atoms with E-state index in [0.29, 0.717) is 19.3 Å². The highest BCUT2D eigenvalue weighted by Gasteiger charge is 2.19. The van der Waals surface area contributed by atoms with Gasteiger partial charge < -0.3 is 14.2 Å². The Balaban J connectivity index is 4.22. The second-order valence-corrected chi connectivity index (χ2v) is 24.8. The van der Waals surface area contributed by atoms with Crippen LogP contribution in [-0.4, -0.2) is 37.2 Å². The highest BCUT2D eigenvalue weighted by Crippen LogP contribution is 2.19. The lowest BCUT2D eigenvalue weighted by molar-refractivity contribution is -0.167. The van der Waals surface area contributed by atoms with Crippen LogP contribution in [0.4, 0.5) is 0 Å². The predicted octanol–water partition coefficient (Wildman–Crippen LogP) is 25.5. The number of rotatable bonds is 68. The van der Waals surface area contributed by atoms with Crippen molar-refractivity contribution < 1.29 is 28.6 Å². The average molecular weight is 1160 g/mol. The van der Waals surface area contributed by atoms with Crippen LogP contribution in [-0.2, 0) is 28.6 Å². The Kier molecular flexibility index (Phi) is 69.1. The summed E-state index contributed by atoms with van der Waals surface area (Å²) >= 11 is 0. The molecule has 1 atom stereocenters. The van der Waals surface area contributed by atoms with Gasteiger partial charge in [0.15, 0.2) is 6.10 Å². The largest absolute Gasteiger partial charge is 0.462 e. The molecule has 6 nitrogen and oxygen atoms in total. The van der Waals surface area contributed by atoms with Gasteiger partial charge in [0.25, 0.3) is 0 Å². The van der Waals surface area contributed by atoms with Crippen LogP contribution < -0.4 is 0 Å². The summed E-state index contributed by atoms with van der Waals surface area (Å²) in [7, 11) is 0. The summed E-state index contributed by atoms with van der Waals surface area (Å²) in [5, 5.41) is 0. The fourth-order valence-electron chi connectivity index (χ4n) is 11.0. The molecule has 1 unspecified atom stereocenters. The van der Waals surface area contributed by atoms with Gasteiger partial charge in [0.2, 0.25) is 0 Å². The van der Waals surface area contributed by atoms with Crippen molar-refractivity contribution in [2.45, 2.75) is 399 Å². The summed E-state index contributed by atoms with van der Waals surface area (Å²) in [6.45, 7) is 6.57. The normalized spacial score (nSPS) is 12.4. The maximum absolute atomic E-state index is 13.0. The summed E-state index contributed by atoms with van der Waals surface area (Å²) in [6, 6.07) is 0. The van der Waals surface area contributed by atoms with Crippen molar-refractivity contribution in [2.24, 2.45) is 0 Å². The average Bonchev–Trinajstić information content (AvgIpc) is 3.49. The predicted molar refractivity (Wildman–Crippen MR) is 362 cm³/mol. The lowest BCUT2D eigenvalue weighted by atomic mass is 10.0. The molecule has 0 aromatic carbocycles. The van der Waals surface area contributed by atoms with Crippen molar-refractivity contribution in [1.82, 2.24) is 0 Å². The molecule has 0 aliphatic heterocycles. The third-order valence-corrected chi connectivity index (χ3v) is 16.5. The molecule has 0 rings (SSSR count). The Labute approximate surface area is 517 Å². The van der Waals surface area contributed by atoms with Gasteiger partial charge >= 0.3 is 17.9 Å². The molecule has 83 heavy (non-hydrogen) atoms. The summed E-state index contributed by atoms with van der Waals surface area (Å²) < 4.78 is 17.0. The summed E-state index contributed by atoms with van der Waals surface area (Å²) in [4.78, 5) is 38.5. The van der Waals surface area contributed by atoms with Crippen molar-refractivity contribution in [1.29, 1.82) is 0 Å². The molecule has 484 valence electrons. The Morgan fingerprint density at radius 1 is 0.253 bits per heavy atom. The molecule has 0 fully saturated rings. The number of hydrogen-bond acceptors (Lipinski definition) is 6. The number of hydrogen-bond donors (Lipinski definition) is 0. The lowest BCUT2D eigenvalue weighted by Crippen LogP contribution is -2.30. The Morgan fingerprint density at radius 2 is 0.470 bits per heavy atom. The highest BCUT2D eigenvalue weighted by molar-refractivity contribution is 5.71. The van der Waals surface area contributed by atoms with E-state index in [1.54, 1.807) is 0 Å². The Morgan fingerprint density at radius 3 is 0.759 bits per heavy atom. The zero-order chi connectivity index (χ0) is 59.9. The highest BCUT2D eigenvalue weighted by atomic mass is 16.6. The molecule has 0 aliphatic rings. The van der Waals surface area contributed by atoms with Gasteiger partial charge in [-0.1, -0.05) is 351 Å². The van der Waals surface area contributed by atoms with Crippen LogP contribution in [0.25, 0.3) is 0 Å². The molecule has 0 saturated carbocycles. The molecule has 0 aliphatic carbocycles. The van der Waals surface area contributed by atoms with Crippen LogP contribution in [0.1, 0.15) is 393 Å². The van der Waals surface area contributed by atoms with Crippen LogP contribution in [0, 0.1) is 0 Å². The summed E-state index contributed by atoms with van der Waals surface area (Å²) in [5.74, 6) is -0.858. The Bertz CT molecular complexity index is 1470. The monoisotopic (exact) mass is 1160 g/mol. The fourth-order valence-corrected chi connectivity index (χ4v) is 11.0. The summed E-state index contributed by atoms with van der Waals surface area (Å²) in [5.41, 5.74) is 0. The molecule has 0 aromatic rings. The number of esters is 3. The van der Waals surface area contributed by atoms with E-state index in [4.69, 9.17) is 14.2 Å². The minimum Gasteiger partial charge on any atom is -0.462 e. The van der Waals surface area contributed by atoms with Gasteiger partial charge in [0.05, 0.1) is 0 Å². The second kappa shape index (κ2) is 71.6. The van der Waals surface area contributed by atoms with E-state index in [9.17, 15) is 14.4 Å². The van der Waals surface area contributed by atoms with E-state index in [1.165, 1.54) is 263 Å².